The molecule has 1 unspecified atom stereocenters. The van der Waals surface area contributed by atoms with Gasteiger partial charge < -0.3 is 4.90 Å². The first-order chi connectivity index (χ1) is 7.65. The van der Waals surface area contributed by atoms with Gasteiger partial charge in [-0.1, -0.05) is 47.0 Å². The molecule has 1 heterocycles. The summed E-state index contributed by atoms with van der Waals surface area (Å²) in [7, 11) is 0. The summed E-state index contributed by atoms with van der Waals surface area (Å²) in [6.07, 6.45) is 8.39. The Morgan fingerprint density at radius 2 is 1.75 bits per heavy atom. The van der Waals surface area contributed by atoms with Crippen molar-refractivity contribution in [1.82, 2.24) is 4.90 Å². The molecule has 0 N–H and O–H groups in total. The minimum absolute atomic E-state index is 0.695. The maximum absolute atomic E-state index is 2.69. The molecule has 0 aliphatic carbocycles. The number of nitrogens with zero attached hydrogens (tertiary/aromatic N) is 1. The van der Waals surface area contributed by atoms with Crippen molar-refractivity contribution < 1.29 is 0 Å². The molecule has 1 nitrogen and oxygen atoms in total. The average molecular weight is 225 g/mol. The van der Waals surface area contributed by atoms with Crippen molar-refractivity contribution in [2.24, 2.45) is 11.3 Å². The smallest absolute Gasteiger partial charge is 0.000692 e. The van der Waals surface area contributed by atoms with Crippen LogP contribution < -0.4 is 0 Å². The normalized spacial score (nSPS) is 23.2. The van der Waals surface area contributed by atoms with E-state index < -0.39 is 0 Å². The van der Waals surface area contributed by atoms with E-state index in [4.69, 9.17) is 0 Å². The minimum Gasteiger partial charge on any atom is -0.303 e. The van der Waals surface area contributed by atoms with Crippen LogP contribution in [0.25, 0.3) is 0 Å². The minimum atomic E-state index is 0.695. The first kappa shape index (κ1) is 14.0. The van der Waals surface area contributed by atoms with Gasteiger partial charge in [0.1, 0.15) is 0 Å². The van der Waals surface area contributed by atoms with E-state index in [0.717, 1.165) is 5.92 Å². The lowest BCUT2D eigenvalue weighted by Crippen LogP contribution is -2.41. The Balaban J connectivity index is 2.37. The molecule has 1 heteroatoms. The van der Waals surface area contributed by atoms with E-state index in [1.807, 2.05) is 0 Å². The molecular formula is C15H31N. The first-order valence-corrected chi connectivity index (χ1v) is 7.38. The molecule has 1 atom stereocenters. The summed E-state index contributed by atoms with van der Waals surface area (Å²) in [4.78, 5) is 2.69. The Morgan fingerprint density at radius 1 is 1.12 bits per heavy atom. The van der Waals surface area contributed by atoms with Crippen molar-refractivity contribution in [3.05, 3.63) is 0 Å². The van der Waals surface area contributed by atoms with E-state index in [9.17, 15) is 0 Å². The molecule has 0 aromatic heterocycles. The van der Waals surface area contributed by atoms with Crippen LogP contribution in [0.3, 0.4) is 0 Å². The second kappa shape index (κ2) is 6.64. The second-order valence-corrected chi connectivity index (χ2v) is 5.92. The van der Waals surface area contributed by atoms with Crippen LogP contribution in [-0.4, -0.2) is 24.5 Å². The highest BCUT2D eigenvalue weighted by Gasteiger charge is 2.31. The summed E-state index contributed by atoms with van der Waals surface area (Å²) < 4.78 is 0. The van der Waals surface area contributed by atoms with Crippen molar-refractivity contribution in [3.63, 3.8) is 0 Å². The topological polar surface area (TPSA) is 3.24 Å². The maximum atomic E-state index is 2.69. The van der Waals surface area contributed by atoms with Crippen LogP contribution in [0.2, 0.25) is 0 Å². The summed E-state index contributed by atoms with van der Waals surface area (Å²) in [5, 5.41) is 0. The summed E-state index contributed by atoms with van der Waals surface area (Å²) in [5.41, 5.74) is 0.695. The molecule has 0 saturated carbocycles. The van der Waals surface area contributed by atoms with Crippen molar-refractivity contribution >= 4 is 0 Å². The molecule has 0 spiro atoms. The molecule has 0 amide bonds. The molecule has 0 bridgehead atoms. The predicted molar refractivity (Wildman–Crippen MR) is 72.8 cm³/mol. The second-order valence-electron chi connectivity index (χ2n) is 5.92. The van der Waals surface area contributed by atoms with Crippen LogP contribution >= 0.6 is 0 Å². The molecule has 0 radical (unpaired) electrons. The molecule has 1 fully saturated rings. The third kappa shape index (κ3) is 3.76. The van der Waals surface area contributed by atoms with Crippen molar-refractivity contribution in [2.75, 3.05) is 19.6 Å². The lowest BCUT2D eigenvalue weighted by atomic mass is 9.73. The SMILES string of the molecule is CCCC1(CC)CCN(CC(C)CC)CC1. The van der Waals surface area contributed by atoms with Gasteiger partial charge in [0, 0.05) is 6.54 Å². The van der Waals surface area contributed by atoms with Gasteiger partial charge in [0.25, 0.3) is 0 Å². The quantitative estimate of drug-likeness (QED) is 0.650. The summed E-state index contributed by atoms with van der Waals surface area (Å²) in [6.45, 7) is 13.4. The van der Waals surface area contributed by atoms with Gasteiger partial charge in [-0.15, -0.1) is 0 Å². The third-order valence-corrected chi connectivity index (χ3v) is 4.71. The fourth-order valence-electron chi connectivity index (χ4n) is 3.09. The van der Waals surface area contributed by atoms with E-state index in [0.29, 0.717) is 5.41 Å². The lowest BCUT2D eigenvalue weighted by molar-refractivity contribution is 0.0811. The third-order valence-electron chi connectivity index (χ3n) is 4.71. The molecule has 96 valence electrons. The van der Waals surface area contributed by atoms with Crippen LogP contribution in [0.5, 0.6) is 0 Å². The summed E-state index contributed by atoms with van der Waals surface area (Å²) >= 11 is 0. The number of rotatable bonds is 6. The average Bonchev–Trinajstić information content (AvgIpc) is 2.32. The Morgan fingerprint density at radius 3 is 2.19 bits per heavy atom. The molecule has 1 aliphatic heterocycles. The van der Waals surface area contributed by atoms with Gasteiger partial charge in [-0.2, -0.15) is 0 Å². The predicted octanol–water partition coefficient (Wildman–Crippen LogP) is 4.32. The summed E-state index contributed by atoms with van der Waals surface area (Å²) in [6, 6.07) is 0. The molecular weight excluding hydrogens is 194 g/mol. The van der Waals surface area contributed by atoms with Crippen LogP contribution in [-0.2, 0) is 0 Å². The molecule has 16 heavy (non-hydrogen) atoms. The molecule has 1 aliphatic rings. The van der Waals surface area contributed by atoms with Crippen LogP contribution in [0.1, 0.15) is 66.2 Å². The van der Waals surface area contributed by atoms with Gasteiger partial charge in [0.2, 0.25) is 0 Å². The zero-order valence-electron chi connectivity index (χ0n) is 11.9. The zero-order chi connectivity index (χ0) is 12.0. The van der Waals surface area contributed by atoms with E-state index in [-0.39, 0.29) is 0 Å². The maximum Gasteiger partial charge on any atom is 0.000692 e. The van der Waals surface area contributed by atoms with E-state index >= 15 is 0 Å². The van der Waals surface area contributed by atoms with Gasteiger partial charge >= 0.3 is 0 Å². The monoisotopic (exact) mass is 225 g/mol. The van der Waals surface area contributed by atoms with Crippen LogP contribution in [0, 0.1) is 11.3 Å². The number of piperidine rings is 1. The summed E-state index contributed by atoms with van der Waals surface area (Å²) in [5.74, 6) is 0.875. The van der Waals surface area contributed by atoms with E-state index in [1.54, 1.807) is 0 Å². The van der Waals surface area contributed by atoms with Crippen LogP contribution in [0.15, 0.2) is 0 Å². The first-order valence-electron chi connectivity index (χ1n) is 7.38. The Bertz CT molecular complexity index is 180. The largest absolute Gasteiger partial charge is 0.303 e. The molecule has 1 rings (SSSR count). The lowest BCUT2D eigenvalue weighted by Gasteiger charge is -2.42. The Labute approximate surface area is 103 Å². The fraction of sp³-hybridized carbons (Fsp3) is 1.00. The number of hydrogen-bond donors (Lipinski definition) is 0. The van der Waals surface area contributed by atoms with Gasteiger partial charge in [0.05, 0.1) is 0 Å². The van der Waals surface area contributed by atoms with Gasteiger partial charge in [-0.3, -0.25) is 0 Å². The standard InChI is InChI=1S/C15H31N/c1-5-8-15(7-3)9-11-16(12-10-15)13-14(4)6-2/h14H,5-13H2,1-4H3. The zero-order valence-corrected chi connectivity index (χ0v) is 11.9. The van der Waals surface area contributed by atoms with Crippen molar-refractivity contribution in [2.45, 2.75) is 66.2 Å². The number of likely N-dealkylation sites (tertiary alicyclic amines) is 1. The van der Waals surface area contributed by atoms with Crippen molar-refractivity contribution in [3.8, 4) is 0 Å². The van der Waals surface area contributed by atoms with E-state index in [2.05, 4.69) is 32.6 Å². The highest BCUT2D eigenvalue weighted by atomic mass is 15.1. The van der Waals surface area contributed by atoms with Gasteiger partial charge in [-0.05, 0) is 43.7 Å². The highest BCUT2D eigenvalue weighted by Crippen LogP contribution is 2.39. The molecule has 0 aromatic rings. The highest BCUT2D eigenvalue weighted by molar-refractivity contribution is 4.85. The Hall–Kier alpha value is -0.0400. The van der Waals surface area contributed by atoms with Gasteiger partial charge in [0.15, 0.2) is 0 Å². The molecule has 0 aromatic carbocycles. The Kier molecular flexibility index (Phi) is 5.82. The van der Waals surface area contributed by atoms with Gasteiger partial charge in [-0.25, -0.2) is 0 Å². The molecule has 1 saturated heterocycles. The van der Waals surface area contributed by atoms with Crippen molar-refractivity contribution in [1.29, 1.82) is 0 Å². The van der Waals surface area contributed by atoms with Crippen LogP contribution in [0.4, 0.5) is 0 Å². The number of hydrogen-bond acceptors (Lipinski definition) is 1. The van der Waals surface area contributed by atoms with E-state index in [1.165, 1.54) is 58.2 Å². The fourth-order valence-corrected chi connectivity index (χ4v) is 3.09.